The Kier molecular flexibility index (Phi) is 5.69. The lowest BCUT2D eigenvalue weighted by molar-refractivity contribution is 0.0596. The molecule has 1 N–H and O–H groups in total. The van der Waals surface area contributed by atoms with Crippen LogP contribution < -0.4 is 15.1 Å². The largest absolute Gasteiger partial charge is 0.465 e. The number of aromatic nitrogens is 3. The van der Waals surface area contributed by atoms with Gasteiger partial charge in [0.2, 0.25) is 0 Å². The molecule has 3 rings (SSSR count). The molecule has 0 saturated carbocycles. The Bertz CT molecular complexity index is 1260. The quantitative estimate of drug-likeness (QED) is 0.592. The second-order valence-corrected chi connectivity index (χ2v) is 7.50. The Morgan fingerprint density at radius 2 is 1.67 bits per heavy atom. The SMILES string of the molecule is COC(=O)c1ccccc1S(=O)(=O)NC(=O)n1nc(Oc2ccccc2)n(C)c1=O. The first-order valence-electron chi connectivity index (χ1n) is 8.38. The number of nitrogens with one attached hydrogen (secondary N) is 1. The fraction of sp³-hybridized carbons (Fsp3) is 0.111. The highest BCUT2D eigenvalue weighted by molar-refractivity contribution is 7.90. The van der Waals surface area contributed by atoms with Crippen LogP contribution in [0.15, 0.2) is 64.3 Å². The molecule has 0 aliphatic heterocycles. The molecule has 3 aromatic rings. The molecular formula is C18H16N4O7S. The minimum absolute atomic E-state index is 0.228. The van der Waals surface area contributed by atoms with Gasteiger partial charge in [0.1, 0.15) is 10.6 Å². The van der Waals surface area contributed by atoms with Crippen molar-refractivity contribution in [2.75, 3.05) is 7.11 Å². The molecule has 12 heteroatoms. The molecule has 1 aromatic heterocycles. The molecule has 0 spiro atoms. The lowest BCUT2D eigenvalue weighted by Crippen LogP contribution is -2.40. The molecule has 0 fully saturated rings. The summed E-state index contributed by atoms with van der Waals surface area (Å²) in [5, 5.41) is 3.73. The number of methoxy groups -OCH3 is 1. The number of sulfonamides is 1. The van der Waals surface area contributed by atoms with Crippen LogP contribution in [0.1, 0.15) is 10.4 Å². The lowest BCUT2D eigenvalue weighted by atomic mass is 10.2. The van der Waals surface area contributed by atoms with Crippen LogP contribution in [0.4, 0.5) is 4.79 Å². The van der Waals surface area contributed by atoms with Crippen LogP contribution in [0.25, 0.3) is 0 Å². The Balaban J connectivity index is 1.91. The van der Waals surface area contributed by atoms with Crippen LogP contribution in [0, 0.1) is 0 Å². The topological polar surface area (TPSA) is 139 Å². The minimum atomic E-state index is -4.52. The van der Waals surface area contributed by atoms with Crippen molar-refractivity contribution >= 4 is 22.0 Å². The number of amides is 1. The van der Waals surface area contributed by atoms with Gasteiger partial charge in [0.05, 0.1) is 12.7 Å². The number of nitrogens with zero attached hydrogens (tertiary/aromatic N) is 3. The van der Waals surface area contributed by atoms with Crippen LogP contribution in [0.2, 0.25) is 0 Å². The molecule has 0 aliphatic rings. The number of hydrogen-bond acceptors (Lipinski definition) is 8. The molecule has 0 bridgehead atoms. The van der Waals surface area contributed by atoms with E-state index in [9.17, 15) is 22.8 Å². The summed E-state index contributed by atoms with van der Waals surface area (Å²) in [6.45, 7) is 0. The summed E-state index contributed by atoms with van der Waals surface area (Å²) < 4.78 is 38.2. The van der Waals surface area contributed by atoms with E-state index in [4.69, 9.17) is 4.74 Å². The van der Waals surface area contributed by atoms with Crippen LogP contribution in [0.3, 0.4) is 0 Å². The number of para-hydroxylation sites is 1. The van der Waals surface area contributed by atoms with Gasteiger partial charge in [-0.3, -0.25) is 0 Å². The average Bonchev–Trinajstić information content (AvgIpc) is 3.02. The van der Waals surface area contributed by atoms with Crippen molar-refractivity contribution in [3.63, 3.8) is 0 Å². The average molecular weight is 432 g/mol. The molecule has 0 atom stereocenters. The normalized spacial score (nSPS) is 11.0. The Hall–Kier alpha value is -3.93. The van der Waals surface area contributed by atoms with Gasteiger partial charge in [0.25, 0.3) is 10.0 Å². The number of esters is 1. The summed E-state index contributed by atoms with van der Waals surface area (Å²) in [5.74, 6) is -0.547. The Labute approximate surface area is 170 Å². The van der Waals surface area contributed by atoms with E-state index in [0.717, 1.165) is 17.7 Å². The first-order chi connectivity index (χ1) is 14.2. The molecule has 0 unspecified atom stereocenters. The van der Waals surface area contributed by atoms with E-state index >= 15 is 0 Å². The third kappa shape index (κ3) is 4.07. The number of hydrogen-bond donors (Lipinski definition) is 1. The van der Waals surface area contributed by atoms with Crippen LogP contribution in [-0.4, -0.2) is 41.9 Å². The predicted octanol–water partition coefficient (Wildman–Crippen LogP) is 1.11. The number of carbonyl (C=O) groups is 2. The van der Waals surface area contributed by atoms with Gasteiger partial charge in [-0.25, -0.2) is 32.1 Å². The highest BCUT2D eigenvalue weighted by atomic mass is 32.2. The zero-order valence-electron chi connectivity index (χ0n) is 15.8. The monoisotopic (exact) mass is 432 g/mol. The second-order valence-electron chi connectivity index (χ2n) is 5.85. The van der Waals surface area contributed by atoms with Gasteiger partial charge in [-0.1, -0.05) is 30.3 Å². The van der Waals surface area contributed by atoms with E-state index in [-0.39, 0.29) is 11.6 Å². The maximum absolute atomic E-state index is 12.6. The van der Waals surface area contributed by atoms with E-state index < -0.39 is 32.6 Å². The Morgan fingerprint density at radius 1 is 1.03 bits per heavy atom. The van der Waals surface area contributed by atoms with Gasteiger partial charge in [0.15, 0.2) is 0 Å². The highest BCUT2D eigenvalue weighted by Gasteiger charge is 2.27. The van der Waals surface area contributed by atoms with Gasteiger partial charge < -0.3 is 9.47 Å². The molecule has 156 valence electrons. The molecule has 0 aliphatic carbocycles. The van der Waals surface area contributed by atoms with Gasteiger partial charge in [0, 0.05) is 7.05 Å². The molecule has 1 amide bonds. The summed E-state index contributed by atoms with van der Waals surface area (Å²) in [7, 11) is -2.13. The molecule has 0 radical (unpaired) electrons. The third-order valence-electron chi connectivity index (χ3n) is 3.89. The molecule has 30 heavy (non-hydrogen) atoms. The van der Waals surface area contributed by atoms with Gasteiger partial charge in [-0.05, 0) is 24.3 Å². The van der Waals surface area contributed by atoms with Crippen molar-refractivity contribution in [2.24, 2.45) is 7.05 Å². The number of benzene rings is 2. The zero-order chi connectivity index (χ0) is 21.9. The minimum Gasteiger partial charge on any atom is -0.465 e. The van der Waals surface area contributed by atoms with Crippen LogP contribution in [0.5, 0.6) is 11.8 Å². The van der Waals surface area contributed by atoms with Gasteiger partial charge >= 0.3 is 23.7 Å². The lowest BCUT2D eigenvalue weighted by Gasteiger charge is -2.09. The van der Waals surface area contributed by atoms with Crippen molar-refractivity contribution in [1.82, 2.24) is 19.1 Å². The summed E-state index contributed by atoms with van der Waals surface area (Å²) in [5.41, 5.74) is -1.21. The second kappa shape index (κ2) is 8.21. The van der Waals surface area contributed by atoms with E-state index in [2.05, 4.69) is 9.84 Å². The van der Waals surface area contributed by atoms with E-state index in [1.165, 1.54) is 25.2 Å². The number of ether oxygens (including phenoxy) is 2. The molecular weight excluding hydrogens is 416 g/mol. The predicted molar refractivity (Wildman–Crippen MR) is 103 cm³/mol. The maximum Gasteiger partial charge on any atom is 0.360 e. The van der Waals surface area contributed by atoms with E-state index in [1.54, 1.807) is 35.1 Å². The number of carbonyl (C=O) groups excluding carboxylic acids is 2. The fourth-order valence-electron chi connectivity index (χ4n) is 2.43. The van der Waals surface area contributed by atoms with Gasteiger partial charge in [-0.15, -0.1) is 9.78 Å². The molecule has 2 aromatic carbocycles. The molecule has 1 heterocycles. The zero-order valence-corrected chi connectivity index (χ0v) is 16.6. The summed E-state index contributed by atoms with van der Waals surface area (Å²) in [4.78, 5) is 36.1. The standard InChI is InChI=1S/C18H16N4O7S/c1-21-17(29-12-8-4-3-5-9-12)19-22(18(21)25)16(24)20-30(26,27)14-11-7-6-10-13(14)15(23)28-2/h3-11H,1-2H3,(H,20,24). The first kappa shape index (κ1) is 20.8. The smallest absolute Gasteiger partial charge is 0.360 e. The van der Waals surface area contributed by atoms with E-state index in [1.807, 2.05) is 0 Å². The molecule has 0 saturated heterocycles. The van der Waals surface area contributed by atoms with Gasteiger partial charge in [-0.2, -0.15) is 0 Å². The van der Waals surface area contributed by atoms with Crippen molar-refractivity contribution in [1.29, 1.82) is 0 Å². The van der Waals surface area contributed by atoms with Crippen molar-refractivity contribution in [2.45, 2.75) is 4.90 Å². The Morgan fingerprint density at radius 3 is 2.33 bits per heavy atom. The third-order valence-corrected chi connectivity index (χ3v) is 5.27. The summed E-state index contributed by atoms with van der Waals surface area (Å²) in [6.07, 6.45) is 0. The summed E-state index contributed by atoms with van der Waals surface area (Å²) >= 11 is 0. The number of rotatable bonds is 5. The van der Waals surface area contributed by atoms with Crippen LogP contribution in [-0.2, 0) is 21.8 Å². The maximum atomic E-state index is 12.6. The summed E-state index contributed by atoms with van der Waals surface area (Å²) in [6, 6.07) is 11.9. The van der Waals surface area contributed by atoms with Crippen molar-refractivity contribution in [3.8, 4) is 11.8 Å². The van der Waals surface area contributed by atoms with Crippen molar-refractivity contribution in [3.05, 3.63) is 70.6 Å². The highest BCUT2D eigenvalue weighted by Crippen LogP contribution is 2.18. The first-order valence-corrected chi connectivity index (χ1v) is 9.86. The van der Waals surface area contributed by atoms with E-state index in [0.29, 0.717) is 10.4 Å². The van der Waals surface area contributed by atoms with Crippen LogP contribution >= 0.6 is 0 Å². The molecule has 11 nitrogen and oxygen atoms in total. The van der Waals surface area contributed by atoms with Crippen molar-refractivity contribution < 1.29 is 27.5 Å². The fourth-order valence-corrected chi connectivity index (χ4v) is 3.55.